The van der Waals surface area contributed by atoms with Crippen LogP contribution in [0.3, 0.4) is 0 Å². The zero-order valence-electron chi connectivity index (χ0n) is 16.6. The molecule has 28 heavy (non-hydrogen) atoms. The van der Waals surface area contributed by atoms with Gasteiger partial charge < -0.3 is 24.8 Å². The number of likely N-dealkylation sites (tertiary alicyclic amines) is 2. The molecule has 9 heteroatoms. The average Bonchev–Trinajstić information content (AvgIpc) is 2.70. The van der Waals surface area contributed by atoms with E-state index in [0.29, 0.717) is 26.1 Å². The fourth-order valence-corrected chi connectivity index (χ4v) is 3.51. The van der Waals surface area contributed by atoms with Crippen molar-refractivity contribution in [2.45, 2.75) is 70.4 Å². The van der Waals surface area contributed by atoms with E-state index in [-0.39, 0.29) is 6.09 Å². The van der Waals surface area contributed by atoms with Crippen LogP contribution in [0, 0.1) is 0 Å². The minimum absolute atomic E-state index is 0.206. The maximum atomic E-state index is 11.8. The number of piperidine rings is 2. The van der Waals surface area contributed by atoms with Gasteiger partial charge in [-0.2, -0.15) is 0 Å². The number of nitrogens with zero attached hydrogens (tertiary/aromatic N) is 2. The summed E-state index contributed by atoms with van der Waals surface area (Å²) < 4.78 is 10.5. The second-order valence-electron chi connectivity index (χ2n) is 7.33. The number of rotatable bonds is 8. The number of alkyl carbamates (subject to hydrolysis) is 1. The number of unbranched alkanes of at least 4 members (excludes halogenated alkanes) is 3. The maximum absolute atomic E-state index is 11.8. The summed E-state index contributed by atoms with van der Waals surface area (Å²) in [5.41, 5.74) is 0. The summed E-state index contributed by atoms with van der Waals surface area (Å²) in [6.45, 7) is 2.90. The minimum Gasteiger partial charge on any atom is -0.465 e. The quantitative estimate of drug-likeness (QED) is 0.606. The van der Waals surface area contributed by atoms with Crippen molar-refractivity contribution in [2.24, 2.45) is 0 Å². The number of ether oxygens (including phenoxy) is 2. The highest BCUT2D eigenvalue weighted by Crippen LogP contribution is 2.18. The molecule has 1 unspecified atom stereocenters. The number of nitrogens with one attached hydrogen (secondary N) is 1. The SMILES string of the molecule is O=C(NCCCCCCOC(=O)N1CCCCC1)OC1CCCCN1C(=O)O. The number of carbonyl (C=O) groups excluding carboxylic acids is 2. The molecule has 0 bridgehead atoms. The predicted molar refractivity (Wildman–Crippen MR) is 102 cm³/mol. The van der Waals surface area contributed by atoms with Gasteiger partial charge in [0.25, 0.3) is 0 Å². The Labute approximate surface area is 166 Å². The second-order valence-corrected chi connectivity index (χ2v) is 7.33. The average molecular weight is 399 g/mol. The molecule has 2 N–H and O–H groups in total. The van der Waals surface area contributed by atoms with Gasteiger partial charge in [0.15, 0.2) is 6.23 Å². The van der Waals surface area contributed by atoms with Gasteiger partial charge in [-0.15, -0.1) is 0 Å². The molecule has 3 amide bonds. The normalized spacial score (nSPS) is 19.8. The van der Waals surface area contributed by atoms with Crippen LogP contribution in [0.5, 0.6) is 0 Å². The summed E-state index contributed by atoms with van der Waals surface area (Å²) >= 11 is 0. The predicted octanol–water partition coefficient (Wildman–Crippen LogP) is 3.39. The Balaban J connectivity index is 1.46. The van der Waals surface area contributed by atoms with Gasteiger partial charge in [-0.3, -0.25) is 4.90 Å². The van der Waals surface area contributed by atoms with E-state index < -0.39 is 18.4 Å². The summed E-state index contributed by atoms with van der Waals surface area (Å²) in [4.78, 5) is 37.8. The molecule has 0 spiro atoms. The Morgan fingerprint density at radius 2 is 1.64 bits per heavy atom. The molecule has 160 valence electrons. The smallest absolute Gasteiger partial charge is 0.410 e. The molecule has 2 aliphatic heterocycles. The lowest BCUT2D eigenvalue weighted by Crippen LogP contribution is -2.46. The van der Waals surface area contributed by atoms with E-state index in [1.807, 2.05) is 0 Å². The van der Waals surface area contributed by atoms with Crippen LogP contribution in [-0.2, 0) is 9.47 Å². The molecule has 2 fully saturated rings. The molecule has 0 aromatic heterocycles. The Morgan fingerprint density at radius 1 is 0.929 bits per heavy atom. The summed E-state index contributed by atoms with van der Waals surface area (Å²) in [6, 6.07) is 0. The van der Waals surface area contributed by atoms with Crippen LogP contribution in [0.15, 0.2) is 0 Å². The molecule has 0 saturated carbocycles. The molecule has 9 nitrogen and oxygen atoms in total. The van der Waals surface area contributed by atoms with E-state index in [1.165, 1.54) is 11.3 Å². The van der Waals surface area contributed by atoms with Crippen molar-refractivity contribution in [3.05, 3.63) is 0 Å². The highest BCUT2D eigenvalue weighted by atomic mass is 16.6. The third-order valence-electron chi connectivity index (χ3n) is 5.12. The van der Waals surface area contributed by atoms with Gasteiger partial charge in [-0.25, -0.2) is 14.4 Å². The zero-order valence-corrected chi connectivity index (χ0v) is 16.6. The Bertz CT molecular complexity index is 510. The van der Waals surface area contributed by atoms with Crippen molar-refractivity contribution in [1.29, 1.82) is 0 Å². The minimum atomic E-state index is -1.06. The molecule has 2 saturated heterocycles. The van der Waals surface area contributed by atoms with E-state index in [2.05, 4.69) is 5.32 Å². The monoisotopic (exact) mass is 399 g/mol. The molecule has 1 atom stereocenters. The summed E-state index contributed by atoms with van der Waals surface area (Å²) in [6.07, 6.45) is 6.37. The second kappa shape index (κ2) is 12.3. The van der Waals surface area contributed by atoms with E-state index in [4.69, 9.17) is 14.6 Å². The molecule has 2 rings (SSSR count). The van der Waals surface area contributed by atoms with Gasteiger partial charge in [-0.05, 0) is 51.4 Å². The maximum Gasteiger partial charge on any atom is 0.410 e. The first kappa shape index (κ1) is 22.1. The largest absolute Gasteiger partial charge is 0.465 e. The number of hydrogen-bond acceptors (Lipinski definition) is 5. The topological polar surface area (TPSA) is 108 Å². The summed E-state index contributed by atoms with van der Waals surface area (Å²) in [5.74, 6) is 0. The Kier molecular flexibility index (Phi) is 9.71. The molecule has 2 heterocycles. The van der Waals surface area contributed by atoms with Crippen LogP contribution in [0.4, 0.5) is 14.4 Å². The number of amides is 3. The van der Waals surface area contributed by atoms with Crippen LogP contribution in [0.25, 0.3) is 0 Å². The molecule has 0 aliphatic carbocycles. The van der Waals surface area contributed by atoms with Crippen molar-refractivity contribution >= 4 is 18.3 Å². The van der Waals surface area contributed by atoms with Crippen LogP contribution in [0.2, 0.25) is 0 Å². The van der Waals surface area contributed by atoms with Gasteiger partial charge in [0.2, 0.25) is 0 Å². The molecule has 0 aromatic carbocycles. The van der Waals surface area contributed by atoms with Gasteiger partial charge in [0.1, 0.15) is 0 Å². The van der Waals surface area contributed by atoms with Crippen LogP contribution >= 0.6 is 0 Å². The molecular weight excluding hydrogens is 366 g/mol. The fourth-order valence-electron chi connectivity index (χ4n) is 3.51. The van der Waals surface area contributed by atoms with Gasteiger partial charge in [-0.1, -0.05) is 6.42 Å². The van der Waals surface area contributed by atoms with Gasteiger partial charge in [0.05, 0.1) is 6.61 Å². The van der Waals surface area contributed by atoms with Crippen molar-refractivity contribution in [2.75, 3.05) is 32.8 Å². The summed E-state index contributed by atoms with van der Waals surface area (Å²) in [7, 11) is 0. The van der Waals surface area contributed by atoms with E-state index in [0.717, 1.165) is 64.5 Å². The molecule has 0 radical (unpaired) electrons. The van der Waals surface area contributed by atoms with Gasteiger partial charge >= 0.3 is 18.3 Å². The van der Waals surface area contributed by atoms with Crippen molar-refractivity contribution in [1.82, 2.24) is 15.1 Å². The Hall–Kier alpha value is -2.19. The molecular formula is C19H33N3O6. The zero-order chi connectivity index (χ0) is 20.2. The lowest BCUT2D eigenvalue weighted by molar-refractivity contribution is -0.0245. The highest BCUT2D eigenvalue weighted by Gasteiger charge is 2.29. The van der Waals surface area contributed by atoms with Crippen molar-refractivity contribution < 1.29 is 29.0 Å². The number of carbonyl (C=O) groups is 3. The summed E-state index contributed by atoms with van der Waals surface area (Å²) in [5, 5.41) is 11.8. The standard InChI is InChI=1S/C19H33N3O6/c23-17(28-16-10-4-8-14-22(16)18(24)25)20-11-5-1-2-9-15-27-19(26)21-12-6-3-7-13-21/h16H,1-15H2,(H,20,23)(H,24,25). The van der Waals surface area contributed by atoms with Crippen molar-refractivity contribution in [3.8, 4) is 0 Å². The van der Waals surface area contributed by atoms with Gasteiger partial charge in [0, 0.05) is 32.6 Å². The lowest BCUT2D eigenvalue weighted by Gasteiger charge is -2.32. The Morgan fingerprint density at radius 3 is 2.39 bits per heavy atom. The first-order valence-electron chi connectivity index (χ1n) is 10.4. The van der Waals surface area contributed by atoms with E-state index >= 15 is 0 Å². The third kappa shape index (κ3) is 7.82. The highest BCUT2D eigenvalue weighted by molar-refractivity contribution is 5.69. The van der Waals surface area contributed by atoms with Crippen LogP contribution in [-0.4, -0.2) is 72.2 Å². The molecule has 0 aromatic rings. The molecule has 2 aliphatic rings. The number of carboxylic acid groups (broad SMARTS) is 1. The lowest BCUT2D eigenvalue weighted by atomic mass is 10.1. The van der Waals surface area contributed by atoms with Crippen molar-refractivity contribution in [3.63, 3.8) is 0 Å². The van der Waals surface area contributed by atoms with E-state index in [9.17, 15) is 14.4 Å². The van der Waals surface area contributed by atoms with Crippen LogP contribution < -0.4 is 5.32 Å². The first-order chi connectivity index (χ1) is 13.6. The first-order valence-corrected chi connectivity index (χ1v) is 10.4. The number of hydrogen-bond donors (Lipinski definition) is 2. The third-order valence-corrected chi connectivity index (χ3v) is 5.12. The van der Waals surface area contributed by atoms with E-state index in [1.54, 1.807) is 4.90 Å². The van der Waals surface area contributed by atoms with Crippen LogP contribution in [0.1, 0.15) is 64.2 Å². The fraction of sp³-hybridized carbons (Fsp3) is 0.842.